The van der Waals surface area contributed by atoms with Crippen molar-refractivity contribution in [3.05, 3.63) is 170 Å². The normalized spacial score (nSPS) is 11.0. The fourth-order valence-electron chi connectivity index (χ4n) is 7.49. The molecule has 0 saturated carbocycles. The van der Waals surface area contributed by atoms with Gasteiger partial charge in [-0.2, -0.15) is 0 Å². The number of fused-ring (bicyclic) bond motifs is 2. The second kappa shape index (κ2) is 14.8. The molecule has 0 heterocycles. The van der Waals surface area contributed by atoms with Crippen LogP contribution in [0.25, 0.3) is 66.1 Å². The van der Waals surface area contributed by atoms with Gasteiger partial charge >= 0.3 is 26.2 Å². The van der Waals surface area contributed by atoms with Crippen LogP contribution in [0.5, 0.6) is 0 Å². The average Bonchev–Trinajstić information content (AvgIpc) is 3.71. The van der Waals surface area contributed by atoms with Crippen molar-refractivity contribution in [2.45, 2.75) is 13.1 Å². The Morgan fingerprint density at radius 1 is 0.375 bits per heavy atom. The number of hydrogen-bond acceptors (Lipinski definition) is 0. The van der Waals surface area contributed by atoms with Gasteiger partial charge in [-0.15, -0.1) is 67.3 Å². The van der Waals surface area contributed by atoms with Crippen LogP contribution < -0.4 is 35.2 Å². The summed E-state index contributed by atoms with van der Waals surface area (Å²) in [5, 5.41) is 8.43. The maximum absolute atomic E-state index is 2.58. The second-order valence-electron chi connectivity index (χ2n) is 12.5. The largest absolute Gasteiger partial charge is 4.00 e. The zero-order valence-corrected chi connectivity index (χ0v) is 31.9. The Morgan fingerprint density at radius 3 is 1.02 bits per heavy atom. The Bertz CT molecular complexity index is 2110. The topological polar surface area (TPSA) is 0 Å². The fraction of sp³-hybridized carbons (Fsp3) is 0.0455. The SMILES string of the molecule is C[Si](C)(c1c(-c2ccccc2)[cH-]c2cccc(-c3ccccc3)c12)c1c(-c2ccccc2)[cH-]c2cccc(-c3ccccc3)c12.[Cl-].[Cl-].[Zr+4]. The van der Waals surface area contributed by atoms with E-state index in [2.05, 4.69) is 183 Å². The van der Waals surface area contributed by atoms with Crippen molar-refractivity contribution in [3.63, 3.8) is 0 Å². The predicted octanol–water partition coefficient (Wildman–Crippen LogP) is 4.93. The van der Waals surface area contributed by atoms with Gasteiger partial charge in [0.05, 0.1) is 0 Å². The van der Waals surface area contributed by atoms with Gasteiger partial charge < -0.3 is 24.8 Å². The molecule has 0 saturated heterocycles. The maximum atomic E-state index is 2.58. The van der Waals surface area contributed by atoms with Crippen molar-refractivity contribution in [2.75, 3.05) is 0 Å². The Morgan fingerprint density at radius 2 is 0.688 bits per heavy atom. The van der Waals surface area contributed by atoms with Crippen molar-refractivity contribution >= 4 is 40.0 Å². The van der Waals surface area contributed by atoms with E-state index in [1.807, 2.05) is 0 Å². The third-order valence-electron chi connectivity index (χ3n) is 9.42. The second-order valence-corrected chi connectivity index (χ2v) is 16.7. The molecule has 0 N–H and O–H groups in total. The maximum Gasteiger partial charge on any atom is 4.00 e. The summed E-state index contributed by atoms with van der Waals surface area (Å²) in [6.07, 6.45) is 0. The van der Waals surface area contributed by atoms with E-state index in [4.69, 9.17) is 0 Å². The van der Waals surface area contributed by atoms with Crippen LogP contribution in [0.15, 0.2) is 170 Å². The first-order valence-electron chi connectivity index (χ1n) is 15.8. The molecule has 48 heavy (non-hydrogen) atoms. The van der Waals surface area contributed by atoms with Crippen molar-refractivity contribution in [1.29, 1.82) is 0 Å². The Balaban J connectivity index is 0.00000150. The summed E-state index contributed by atoms with van der Waals surface area (Å²) in [5.41, 5.74) is 10.4. The molecule has 0 aliphatic carbocycles. The summed E-state index contributed by atoms with van der Waals surface area (Å²) in [7, 11) is -2.46. The molecule has 0 unspecified atom stereocenters. The average molecular weight is 753 g/mol. The third-order valence-corrected chi connectivity index (χ3v) is 13.0. The van der Waals surface area contributed by atoms with Gasteiger partial charge in [0, 0.05) is 8.07 Å². The first-order chi connectivity index (χ1) is 22.1. The molecule has 0 aromatic heterocycles. The summed E-state index contributed by atoms with van der Waals surface area (Å²) < 4.78 is 0. The minimum absolute atomic E-state index is 0. The van der Waals surface area contributed by atoms with Crippen LogP contribution in [0.1, 0.15) is 0 Å². The number of benzene rings is 6. The van der Waals surface area contributed by atoms with E-state index in [1.165, 1.54) is 76.4 Å². The van der Waals surface area contributed by atoms with Gasteiger partial charge in [0.1, 0.15) is 0 Å². The van der Waals surface area contributed by atoms with E-state index < -0.39 is 8.07 Å². The molecule has 8 aromatic carbocycles. The monoisotopic (exact) mass is 750 g/mol. The van der Waals surface area contributed by atoms with Crippen LogP contribution in [-0.4, -0.2) is 8.07 Å². The molecule has 0 bridgehead atoms. The molecule has 0 radical (unpaired) electrons. The molecule has 0 nitrogen and oxygen atoms in total. The predicted molar refractivity (Wildman–Crippen MR) is 198 cm³/mol. The van der Waals surface area contributed by atoms with E-state index in [9.17, 15) is 0 Å². The number of hydrogen-bond donors (Lipinski definition) is 0. The molecule has 0 amide bonds. The van der Waals surface area contributed by atoms with E-state index in [1.54, 1.807) is 0 Å². The van der Waals surface area contributed by atoms with Crippen LogP contribution in [-0.2, 0) is 26.2 Å². The molecule has 0 atom stereocenters. The van der Waals surface area contributed by atoms with Crippen molar-refractivity contribution in [3.8, 4) is 44.5 Å². The Labute approximate surface area is 316 Å². The summed E-state index contributed by atoms with van der Waals surface area (Å²) in [5.74, 6) is 0. The molecule has 0 aliphatic rings. The molecule has 8 rings (SSSR count). The number of rotatable bonds is 6. The fourth-order valence-corrected chi connectivity index (χ4v) is 11.3. The van der Waals surface area contributed by atoms with Crippen LogP contribution in [0.2, 0.25) is 13.1 Å². The van der Waals surface area contributed by atoms with Crippen LogP contribution in [0.3, 0.4) is 0 Å². The molecule has 8 aromatic rings. The van der Waals surface area contributed by atoms with Gasteiger partial charge in [-0.3, -0.25) is 0 Å². The molecule has 232 valence electrons. The minimum atomic E-state index is -2.46. The van der Waals surface area contributed by atoms with Crippen LogP contribution in [0, 0.1) is 0 Å². The zero-order chi connectivity index (χ0) is 30.4. The molecule has 0 aliphatic heterocycles. The molecule has 0 fully saturated rings. The number of halogens is 2. The van der Waals surface area contributed by atoms with Crippen LogP contribution >= 0.6 is 0 Å². The molecular weight excluding hydrogens is 719 g/mol. The first kappa shape index (κ1) is 35.5. The quantitative estimate of drug-likeness (QED) is 0.167. The Kier molecular flexibility index (Phi) is 10.9. The van der Waals surface area contributed by atoms with E-state index in [0.717, 1.165) is 0 Å². The van der Waals surface area contributed by atoms with Crippen molar-refractivity contribution < 1.29 is 51.0 Å². The standard InChI is InChI=1S/C44H34Si.2ClH.Zr/c1-45(2,43-39(33-21-11-5-12-22-33)29-35-25-15-27-37(41(35)43)31-17-7-3-8-18-31)44-40(34-23-13-6-14-24-34)30-36-26-16-28-38(42(36)44)32-19-9-4-10-20-32;;;/h3-30H,1-2H3;2*1H;/q-2;;;+4/p-2. The summed E-state index contributed by atoms with van der Waals surface area (Å²) in [6, 6.07) is 62.5. The van der Waals surface area contributed by atoms with Gasteiger partial charge in [0.2, 0.25) is 0 Å². The van der Waals surface area contributed by atoms with E-state index >= 15 is 0 Å². The van der Waals surface area contributed by atoms with Gasteiger partial charge in [0.15, 0.2) is 0 Å². The van der Waals surface area contributed by atoms with E-state index in [-0.39, 0.29) is 51.0 Å². The van der Waals surface area contributed by atoms with Gasteiger partial charge in [-0.25, -0.2) is 0 Å². The van der Waals surface area contributed by atoms with Gasteiger partial charge in [0.25, 0.3) is 0 Å². The zero-order valence-electron chi connectivity index (χ0n) is 26.9. The Hall–Kier alpha value is -3.78. The van der Waals surface area contributed by atoms with Gasteiger partial charge in [-0.1, -0.05) is 181 Å². The van der Waals surface area contributed by atoms with Gasteiger partial charge in [-0.05, 0) is 11.1 Å². The van der Waals surface area contributed by atoms with Crippen molar-refractivity contribution in [1.82, 2.24) is 0 Å². The summed E-state index contributed by atoms with van der Waals surface area (Å²) in [4.78, 5) is 0. The molecule has 4 heteroatoms. The smallest absolute Gasteiger partial charge is 1.00 e. The summed E-state index contributed by atoms with van der Waals surface area (Å²) in [6.45, 7) is 5.16. The third kappa shape index (κ3) is 6.13. The van der Waals surface area contributed by atoms with Crippen LogP contribution in [0.4, 0.5) is 0 Å². The minimum Gasteiger partial charge on any atom is -1.00 e. The van der Waals surface area contributed by atoms with Crippen molar-refractivity contribution in [2.24, 2.45) is 0 Å². The molecule has 0 spiro atoms. The summed E-state index contributed by atoms with van der Waals surface area (Å²) >= 11 is 0. The molecular formula is C44H34Cl2SiZr. The van der Waals surface area contributed by atoms with E-state index in [0.29, 0.717) is 0 Å². The first-order valence-corrected chi connectivity index (χ1v) is 18.8.